The van der Waals surface area contributed by atoms with Crippen LogP contribution in [0.3, 0.4) is 0 Å². The molecule has 2 rings (SSSR count). The van der Waals surface area contributed by atoms with Crippen LogP contribution < -0.4 is 0 Å². The molecule has 20 heavy (non-hydrogen) atoms. The van der Waals surface area contributed by atoms with Crippen LogP contribution in [0.4, 0.5) is 8.78 Å². The maximum absolute atomic E-state index is 13.7. The fraction of sp³-hybridized carbons (Fsp3) is 0.429. The quantitative estimate of drug-likeness (QED) is 0.923. The highest BCUT2D eigenvalue weighted by atomic mass is 19.1. The first-order chi connectivity index (χ1) is 9.52. The summed E-state index contributed by atoms with van der Waals surface area (Å²) in [6, 6.07) is 4.33. The lowest BCUT2D eigenvalue weighted by atomic mass is 9.94. The normalized spacial score (nSPS) is 18.4. The van der Waals surface area contributed by atoms with Crippen molar-refractivity contribution in [2.24, 2.45) is 5.92 Å². The van der Waals surface area contributed by atoms with E-state index in [1.54, 1.807) is 4.90 Å². The van der Waals surface area contributed by atoms with Crippen molar-refractivity contribution >= 4 is 5.97 Å². The molecule has 106 valence electrons. The standard InChI is InChI=1S/C14H14F2N2O2/c15-10-1-2-11(12(16)7-10)13(8-17)18-5-3-9(4-6-18)14(19)20/h1-2,7,9,13H,3-6H2,(H,19,20). The topological polar surface area (TPSA) is 64.3 Å². The van der Waals surface area contributed by atoms with E-state index in [2.05, 4.69) is 0 Å². The van der Waals surface area contributed by atoms with Gasteiger partial charge in [0, 0.05) is 24.7 Å². The fourth-order valence-electron chi connectivity index (χ4n) is 2.48. The number of rotatable bonds is 3. The van der Waals surface area contributed by atoms with Crippen LogP contribution in [0.25, 0.3) is 0 Å². The first kappa shape index (κ1) is 14.4. The maximum atomic E-state index is 13.7. The van der Waals surface area contributed by atoms with Crippen molar-refractivity contribution in [3.8, 4) is 6.07 Å². The van der Waals surface area contributed by atoms with Crippen molar-refractivity contribution < 1.29 is 18.7 Å². The summed E-state index contributed by atoms with van der Waals surface area (Å²) < 4.78 is 26.6. The number of nitriles is 1. The molecule has 1 aromatic rings. The van der Waals surface area contributed by atoms with E-state index in [0.717, 1.165) is 12.1 Å². The summed E-state index contributed by atoms with van der Waals surface area (Å²) in [4.78, 5) is 12.6. The molecule has 0 amide bonds. The average molecular weight is 280 g/mol. The van der Waals surface area contributed by atoms with Gasteiger partial charge in [0.1, 0.15) is 17.7 Å². The van der Waals surface area contributed by atoms with Crippen LogP contribution in [-0.2, 0) is 4.79 Å². The number of halogens is 2. The van der Waals surface area contributed by atoms with Gasteiger partial charge < -0.3 is 5.11 Å². The Hall–Kier alpha value is -2.00. The molecule has 1 heterocycles. The lowest BCUT2D eigenvalue weighted by molar-refractivity contribution is -0.143. The zero-order chi connectivity index (χ0) is 14.7. The first-order valence-corrected chi connectivity index (χ1v) is 6.34. The van der Waals surface area contributed by atoms with Crippen LogP contribution >= 0.6 is 0 Å². The van der Waals surface area contributed by atoms with E-state index in [9.17, 15) is 18.8 Å². The second kappa shape index (κ2) is 5.97. The minimum Gasteiger partial charge on any atom is -0.481 e. The molecule has 1 aromatic carbocycles. The van der Waals surface area contributed by atoms with Crippen LogP contribution in [0.1, 0.15) is 24.4 Å². The molecule has 0 aromatic heterocycles. The van der Waals surface area contributed by atoms with Crippen molar-refractivity contribution in [1.82, 2.24) is 4.90 Å². The SMILES string of the molecule is N#CC(c1ccc(F)cc1F)N1CCC(C(=O)O)CC1. The third-order valence-corrected chi connectivity index (χ3v) is 3.62. The van der Waals surface area contributed by atoms with Crippen molar-refractivity contribution in [3.63, 3.8) is 0 Å². The highest BCUT2D eigenvalue weighted by Gasteiger charge is 2.30. The molecule has 1 saturated heterocycles. The second-order valence-electron chi connectivity index (χ2n) is 4.85. The number of hydrogen-bond donors (Lipinski definition) is 1. The van der Waals surface area contributed by atoms with Gasteiger partial charge in [0.15, 0.2) is 0 Å². The van der Waals surface area contributed by atoms with Crippen LogP contribution in [0.15, 0.2) is 18.2 Å². The molecular weight excluding hydrogens is 266 g/mol. The van der Waals surface area contributed by atoms with Crippen molar-refractivity contribution in [1.29, 1.82) is 5.26 Å². The molecule has 4 nitrogen and oxygen atoms in total. The number of nitrogens with zero attached hydrogens (tertiary/aromatic N) is 2. The molecule has 0 spiro atoms. The lowest BCUT2D eigenvalue weighted by Gasteiger charge is -2.33. The van der Waals surface area contributed by atoms with Gasteiger partial charge in [0.25, 0.3) is 0 Å². The Morgan fingerprint density at radius 3 is 2.55 bits per heavy atom. The van der Waals surface area contributed by atoms with Gasteiger partial charge in [-0.15, -0.1) is 0 Å². The number of piperidine rings is 1. The lowest BCUT2D eigenvalue weighted by Crippen LogP contribution is -2.38. The largest absolute Gasteiger partial charge is 0.481 e. The maximum Gasteiger partial charge on any atom is 0.306 e. The number of likely N-dealkylation sites (tertiary alicyclic amines) is 1. The predicted molar refractivity (Wildman–Crippen MR) is 66.6 cm³/mol. The number of carboxylic acid groups (broad SMARTS) is 1. The summed E-state index contributed by atoms with van der Waals surface area (Å²) >= 11 is 0. The third kappa shape index (κ3) is 2.94. The Morgan fingerprint density at radius 1 is 1.40 bits per heavy atom. The van der Waals surface area contributed by atoms with Gasteiger partial charge >= 0.3 is 5.97 Å². The van der Waals surface area contributed by atoms with Crippen molar-refractivity contribution in [3.05, 3.63) is 35.4 Å². The third-order valence-electron chi connectivity index (χ3n) is 3.62. The van der Waals surface area contributed by atoms with E-state index >= 15 is 0 Å². The van der Waals surface area contributed by atoms with Gasteiger partial charge in [0.2, 0.25) is 0 Å². The Labute approximate surface area is 115 Å². The van der Waals surface area contributed by atoms with Crippen LogP contribution in [0.5, 0.6) is 0 Å². The smallest absolute Gasteiger partial charge is 0.306 e. The average Bonchev–Trinajstić information content (AvgIpc) is 2.42. The molecule has 1 atom stereocenters. The highest BCUT2D eigenvalue weighted by molar-refractivity contribution is 5.70. The summed E-state index contributed by atoms with van der Waals surface area (Å²) in [5.41, 5.74) is 0.127. The van der Waals surface area contributed by atoms with Crippen LogP contribution in [-0.4, -0.2) is 29.1 Å². The molecule has 1 fully saturated rings. The second-order valence-corrected chi connectivity index (χ2v) is 4.85. The summed E-state index contributed by atoms with van der Waals surface area (Å²) in [5.74, 6) is -2.70. The van der Waals surface area contributed by atoms with Crippen LogP contribution in [0.2, 0.25) is 0 Å². The molecule has 1 aliphatic rings. The molecule has 0 saturated carbocycles. The summed E-state index contributed by atoms with van der Waals surface area (Å²) in [6.45, 7) is 0.817. The molecule has 0 aliphatic carbocycles. The highest BCUT2D eigenvalue weighted by Crippen LogP contribution is 2.28. The van der Waals surface area contributed by atoms with Gasteiger partial charge in [-0.05, 0) is 18.9 Å². The van der Waals surface area contributed by atoms with E-state index in [0.29, 0.717) is 25.9 Å². The molecule has 0 radical (unpaired) electrons. The van der Waals surface area contributed by atoms with Gasteiger partial charge in [0.05, 0.1) is 12.0 Å². The zero-order valence-corrected chi connectivity index (χ0v) is 10.7. The number of carbonyl (C=O) groups is 1. The fourth-order valence-corrected chi connectivity index (χ4v) is 2.48. The monoisotopic (exact) mass is 280 g/mol. The van der Waals surface area contributed by atoms with Crippen molar-refractivity contribution in [2.75, 3.05) is 13.1 Å². The van der Waals surface area contributed by atoms with Crippen molar-refractivity contribution in [2.45, 2.75) is 18.9 Å². The van der Waals surface area contributed by atoms with E-state index < -0.39 is 29.6 Å². The molecule has 1 N–H and O–H groups in total. The Morgan fingerprint density at radius 2 is 2.05 bits per heavy atom. The zero-order valence-electron chi connectivity index (χ0n) is 10.7. The van der Waals surface area contributed by atoms with E-state index in [1.807, 2.05) is 6.07 Å². The predicted octanol–water partition coefficient (Wildman–Crippen LogP) is 2.33. The van der Waals surface area contributed by atoms with Gasteiger partial charge in [-0.2, -0.15) is 5.26 Å². The Balaban J connectivity index is 2.14. The van der Waals surface area contributed by atoms with E-state index in [4.69, 9.17) is 5.11 Å². The number of carboxylic acids is 1. The minimum absolute atomic E-state index is 0.127. The summed E-state index contributed by atoms with van der Waals surface area (Å²) in [5, 5.41) is 18.2. The molecule has 1 aliphatic heterocycles. The number of aliphatic carboxylic acids is 1. The minimum atomic E-state index is -0.842. The molecule has 1 unspecified atom stereocenters. The van der Waals surface area contributed by atoms with E-state index in [-0.39, 0.29) is 5.56 Å². The molecular formula is C14H14F2N2O2. The van der Waals surface area contributed by atoms with Gasteiger partial charge in [-0.3, -0.25) is 9.69 Å². The number of benzene rings is 1. The Kier molecular flexibility index (Phi) is 4.30. The number of hydrogen-bond acceptors (Lipinski definition) is 3. The van der Waals surface area contributed by atoms with Gasteiger partial charge in [-0.25, -0.2) is 8.78 Å². The summed E-state index contributed by atoms with van der Waals surface area (Å²) in [7, 11) is 0. The molecule has 6 heteroatoms. The first-order valence-electron chi connectivity index (χ1n) is 6.34. The van der Waals surface area contributed by atoms with E-state index in [1.165, 1.54) is 6.07 Å². The Bertz CT molecular complexity index is 549. The van der Waals surface area contributed by atoms with Gasteiger partial charge in [-0.1, -0.05) is 6.07 Å². The summed E-state index contributed by atoms with van der Waals surface area (Å²) in [6.07, 6.45) is 0.854. The van der Waals surface area contributed by atoms with Crippen LogP contribution in [0, 0.1) is 28.9 Å². The molecule has 0 bridgehead atoms.